The van der Waals surface area contributed by atoms with Crippen LogP contribution in [0.15, 0.2) is 12.2 Å². The van der Waals surface area contributed by atoms with Gasteiger partial charge in [-0.25, -0.2) is 9.90 Å². The van der Waals surface area contributed by atoms with E-state index in [1.165, 1.54) is 6.92 Å². The molecule has 0 aliphatic rings. The molecule has 2 heteroatoms. The van der Waals surface area contributed by atoms with Crippen molar-refractivity contribution in [3.05, 3.63) is 12.2 Å². The van der Waals surface area contributed by atoms with Crippen molar-refractivity contribution >= 4 is 5.97 Å². The van der Waals surface area contributed by atoms with Crippen molar-refractivity contribution < 1.29 is 9.90 Å². The van der Waals surface area contributed by atoms with Crippen molar-refractivity contribution in [3.8, 4) is 0 Å². The quantitative estimate of drug-likeness (QED) is 0.427. The van der Waals surface area contributed by atoms with Gasteiger partial charge in [0.05, 0.1) is 0 Å². The van der Waals surface area contributed by atoms with Gasteiger partial charge in [-0.15, -0.1) is 0 Å². The Hall–Kier alpha value is -0.790. The molecule has 0 N–H and O–H groups in total. The highest BCUT2D eigenvalue weighted by Crippen LogP contribution is 1.82. The Morgan fingerprint density at radius 2 is 1.83 bits per heavy atom. The van der Waals surface area contributed by atoms with Gasteiger partial charge >= 0.3 is 5.97 Å². The zero-order chi connectivity index (χ0) is 5.15. The van der Waals surface area contributed by atoms with Gasteiger partial charge in [0.15, 0.2) is 0 Å². The van der Waals surface area contributed by atoms with Gasteiger partial charge in [0.25, 0.3) is 0 Å². The van der Waals surface area contributed by atoms with Crippen molar-refractivity contribution in [2.45, 2.75) is 6.92 Å². The molecule has 0 spiro atoms. The van der Waals surface area contributed by atoms with Gasteiger partial charge in [0, 0.05) is 5.57 Å². The SMILES string of the molecule is C=C(C)C([O])=O. The fourth-order valence-corrected chi connectivity index (χ4v) is 0. The lowest BCUT2D eigenvalue weighted by Crippen LogP contribution is -1.89. The minimum atomic E-state index is -1.19. The summed E-state index contributed by atoms with van der Waals surface area (Å²) < 4.78 is 0. The van der Waals surface area contributed by atoms with E-state index in [2.05, 4.69) is 6.58 Å². The van der Waals surface area contributed by atoms with Gasteiger partial charge in [0.2, 0.25) is 0 Å². The summed E-state index contributed by atoms with van der Waals surface area (Å²) in [6.45, 7) is 4.48. The Kier molecular flexibility index (Phi) is 1.39. The summed E-state index contributed by atoms with van der Waals surface area (Å²) in [5.74, 6) is -1.19. The summed E-state index contributed by atoms with van der Waals surface area (Å²) in [5.41, 5.74) is 0.0648. The molecule has 0 fully saturated rings. The fourth-order valence-electron chi connectivity index (χ4n) is 0. The number of carbonyl (C=O) groups is 1. The molecule has 0 atom stereocenters. The van der Waals surface area contributed by atoms with E-state index in [-0.39, 0.29) is 5.57 Å². The second kappa shape index (κ2) is 1.60. The smallest absolute Gasteiger partial charge is 0.242 e. The van der Waals surface area contributed by atoms with E-state index < -0.39 is 5.97 Å². The van der Waals surface area contributed by atoms with Crippen molar-refractivity contribution in [1.29, 1.82) is 0 Å². The highest BCUT2D eigenvalue weighted by atomic mass is 16.4. The van der Waals surface area contributed by atoms with Crippen LogP contribution in [0.4, 0.5) is 0 Å². The van der Waals surface area contributed by atoms with E-state index >= 15 is 0 Å². The highest BCUT2D eigenvalue weighted by Gasteiger charge is 1.94. The van der Waals surface area contributed by atoms with E-state index in [4.69, 9.17) is 0 Å². The number of hydrogen-bond donors (Lipinski definition) is 0. The van der Waals surface area contributed by atoms with Crippen LogP contribution in [0, 0.1) is 0 Å². The number of rotatable bonds is 1. The standard InChI is InChI=1S/C4H5O2/c1-3(2)4(5)6/h1H2,2H3. The Bertz CT molecular complexity index is 71.5. The van der Waals surface area contributed by atoms with E-state index in [9.17, 15) is 9.90 Å². The van der Waals surface area contributed by atoms with Gasteiger partial charge in [0.1, 0.15) is 0 Å². The van der Waals surface area contributed by atoms with E-state index in [1.54, 1.807) is 0 Å². The summed E-state index contributed by atoms with van der Waals surface area (Å²) in [6.07, 6.45) is 0. The van der Waals surface area contributed by atoms with E-state index in [0.29, 0.717) is 0 Å². The Morgan fingerprint density at radius 3 is 1.83 bits per heavy atom. The van der Waals surface area contributed by atoms with Crippen molar-refractivity contribution in [2.24, 2.45) is 0 Å². The van der Waals surface area contributed by atoms with Crippen molar-refractivity contribution in [1.82, 2.24) is 0 Å². The first-order valence-corrected chi connectivity index (χ1v) is 1.51. The largest absolute Gasteiger partial charge is 0.381 e. The molecule has 0 aromatic rings. The van der Waals surface area contributed by atoms with Crippen LogP contribution in [-0.2, 0) is 9.90 Å². The first-order valence-electron chi connectivity index (χ1n) is 1.51. The molecule has 0 bridgehead atoms. The van der Waals surface area contributed by atoms with Crippen LogP contribution in [0.3, 0.4) is 0 Å². The van der Waals surface area contributed by atoms with Gasteiger partial charge in [-0.05, 0) is 6.92 Å². The molecule has 0 unspecified atom stereocenters. The van der Waals surface area contributed by atoms with Crippen LogP contribution in [0.1, 0.15) is 6.92 Å². The maximum atomic E-state index is 9.49. The van der Waals surface area contributed by atoms with Crippen molar-refractivity contribution in [3.63, 3.8) is 0 Å². The maximum absolute atomic E-state index is 9.49. The van der Waals surface area contributed by atoms with Crippen molar-refractivity contribution in [2.75, 3.05) is 0 Å². The molecule has 0 amide bonds. The summed E-state index contributed by atoms with van der Waals surface area (Å²) in [6, 6.07) is 0. The fraction of sp³-hybridized carbons (Fsp3) is 0.250. The molecule has 0 rings (SSSR count). The minimum Gasteiger partial charge on any atom is -0.242 e. The second-order valence-corrected chi connectivity index (χ2v) is 1.07. The van der Waals surface area contributed by atoms with Gasteiger partial charge in [-0.3, -0.25) is 0 Å². The number of hydrogen-bond acceptors (Lipinski definition) is 1. The molecule has 0 aromatic carbocycles. The molecule has 1 radical (unpaired) electrons. The number of carbonyl (C=O) groups excluding carboxylic acids is 1. The molecule has 0 aromatic heterocycles. The van der Waals surface area contributed by atoms with Crippen LogP contribution in [0.5, 0.6) is 0 Å². The third-order valence-electron chi connectivity index (χ3n) is 0.348. The third kappa shape index (κ3) is 1.52. The zero-order valence-corrected chi connectivity index (χ0v) is 3.52. The molecular formula is C4H5O2. The lowest BCUT2D eigenvalue weighted by molar-refractivity contribution is -0.138. The van der Waals surface area contributed by atoms with Crippen LogP contribution < -0.4 is 0 Å². The van der Waals surface area contributed by atoms with E-state index in [0.717, 1.165) is 0 Å². The van der Waals surface area contributed by atoms with Gasteiger partial charge in [-0.1, -0.05) is 6.58 Å². The predicted octanol–water partition coefficient (Wildman–Crippen LogP) is 0.520. The van der Waals surface area contributed by atoms with Crippen LogP contribution >= 0.6 is 0 Å². The molecule has 0 aliphatic carbocycles. The normalized spacial score (nSPS) is 7.50. The van der Waals surface area contributed by atoms with Gasteiger partial charge in [-0.2, -0.15) is 0 Å². The Balaban J connectivity index is 3.57. The maximum Gasteiger partial charge on any atom is 0.381 e. The lowest BCUT2D eigenvalue weighted by atomic mass is 10.4. The topological polar surface area (TPSA) is 37.0 Å². The van der Waals surface area contributed by atoms with Crippen LogP contribution in [0.2, 0.25) is 0 Å². The summed E-state index contributed by atoms with van der Waals surface area (Å²) in [7, 11) is 0. The zero-order valence-electron chi connectivity index (χ0n) is 3.52. The predicted molar refractivity (Wildman–Crippen MR) is 20.5 cm³/mol. The van der Waals surface area contributed by atoms with E-state index in [1.807, 2.05) is 0 Å². The van der Waals surface area contributed by atoms with Crippen LogP contribution in [0.25, 0.3) is 0 Å². The Morgan fingerprint density at radius 1 is 1.67 bits per heavy atom. The molecule has 0 heterocycles. The monoisotopic (exact) mass is 85.0 g/mol. The third-order valence-corrected chi connectivity index (χ3v) is 0.348. The molecule has 6 heavy (non-hydrogen) atoms. The minimum absolute atomic E-state index is 0.0648. The molecule has 0 aliphatic heterocycles. The summed E-state index contributed by atoms with van der Waals surface area (Å²) in [4.78, 5) is 9.49. The molecule has 0 saturated carbocycles. The molecule has 0 saturated heterocycles. The summed E-state index contributed by atoms with van der Waals surface area (Å²) in [5, 5.41) is 9.49. The molecular weight excluding hydrogens is 80.0 g/mol. The first-order chi connectivity index (χ1) is 2.64. The molecule has 33 valence electrons. The van der Waals surface area contributed by atoms with Gasteiger partial charge < -0.3 is 0 Å². The van der Waals surface area contributed by atoms with Crippen LogP contribution in [-0.4, -0.2) is 5.97 Å². The average molecular weight is 85.1 g/mol. The highest BCUT2D eigenvalue weighted by molar-refractivity contribution is 5.84. The Labute approximate surface area is 36.1 Å². The summed E-state index contributed by atoms with van der Waals surface area (Å²) >= 11 is 0. The second-order valence-electron chi connectivity index (χ2n) is 1.07. The average Bonchev–Trinajstić information content (AvgIpc) is 1.36. The lowest BCUT2D eigenvalue weighted by Gasteiger charge is -1.74. The molecule has 2 nitrogen and oxygen atoms in total. The first kappa shape index (κ1) is 5.21.